The summed E-state index contributed by atoms with van der Waals surface area (Å²) in [6, 6.07) is 24.0. The van der Waals surface area contributed by atoms with E-state index in [0.29, 0.717) is 34.9 Å². The molecule has 0 spiro atoms. The summed E-state index contributed by atoms with van der Waals surface area (Å²) < 4.78 is 5.68. The third-order valence-corrected chi connectivity index (χ3v) is 7.89. The van der Waals surface area contributed by atoms with E-state index in [4.69, 9.17) is 27.9 Å². The molecule has 7 heteroatoms. The lowest BCUT2D eigenvalue weighted by atomic mass is 9.75. The standard InChI is InChI=1S/C30H21Cl2N3O2/c31-26-10-9-19(14-27(26)32)24-13-20-16-34-29(25(15-33)28(20)23-8-4-3-7-22(23)24)35-30(36)37-21-11-17-5-1-2-6-18(17)12-21/h1-10,14,16,21,24H,11-13H2,(H,34,35,36). The lowest BCUT2D eigenvalue weighted by molar-refractivity contribution is 0.116. The zero-order chi connectivity index (χ0) is 25.5. The molecule has 1 heterocycles. The molecule has 1 atom stereocenters. The first-order valence-electron chi connectivity index (χ1n) is 12.0. The Kier molecular flexibility index (Phi) is 6.08. The molecule has 0 bridgehead atoms. The van der Waals surface area contributed by atoms with E-state index in [9.17, 15) is 10.1 Å². The molecule has 0 aliphatic heterocycles. The van der Waals surface area contributed by atoms with Gasteiger partial charge in [0.25, 0.3) is 0 Å². The third kappa shape index (κ3) is 4.33. The largest absolute Gasteiger partial charge is 0.445 e. The number of carbonyl (C=O) groups is 1. The van der Waals surface area contributed by atoms with Gasteiger partial charge in [-0.15, -0.1) is 0 Å². The van der Waals surface area contributed by atoms with Gasteiger partial charge in [0, 0.05) is 30.5 Å². The summed E-state index contributed by atoms with van der Waals surface area (Å²) in [6.07, 6.45) is 2.87. The van der Waals surface area contributed by atoms with E-state index in [2.05, 4.69) is 34.6 Å². The minimum atomic E-state index is -0.612. The number of hydrogen-bond acceptors (Lipinski definition) is 4. The maximum absolute atomic E-state index is 12.8. The topological polar surface area (TPSA) is 75.0 Å². The van der Waals surface area contributed by atoms with Crippen molar-refractivity contribution in [2.45, 2.75) is 31.3 Å². The first kappa shape index (κ1) is 23.5. The Balaban J connectivity index is 1.30. The molecule has 1 unspecified atom stereocenters. The van der Waals surface area contributed by atoms with Crippen molar-refractivity contribution < 1.29 is 9.53 Å². The monoisotopic (exact) mass is 525 g/mol. The predicted molar refractivity (Wildman–Crippen MR) is 144 cm³/mol. The van der Waals surface area contributed by atoms with Crippen LogP contribution in [-0.4, -0.2) is 17.2 Å². The number of nitriles is 1. The number of ether oxygens (including phenoxy) is 1. The summed E-state index contributed by atoms with van der Waals surface area (Å²) in [5.74, 6) is 0.226. The Bertz CT molecular complexity index is 1570. The van der Waals surface area contributed by atoms with Gasteiger partial charge in [0.15, 0.2) is 5.82 Å². The third-order valence-electron chi connectivity index (χ3n) is 7.15. The van der Waals surface area contributed by atoms with Crippen LogP contribution in [0.25, 0.3) is 11.1 Å². The molecule has 2 aliphatic rings. The van der Waals surface area contributed by atoms with Gasteiger partial charge in [-0.05, 0) is 51.9 Å². The molecule has 37 heavy (non-hydrogen) atoms. The molecule has 0 saturated carbocycles. The van der Waals surface area contributed by atoms with Crippen LogP contribution in [0, 0.1) is 11.3 Å². The van der Waals surface area contributed by atoms with Crippen molar-refractivity contribution in [3.05, 3.63) is 116 Å². The maximum Gasteiger partial charge on any atom is 0.413 e. The van der Waals surface area contributed by atoms with E-state index in [1.165, 1.54) is 11.1 Å². The zero-order valence-electron chi connectivity index (χ0n) is 19.7. The molecule has 0 fully saturated rings. The van der Waals surface area contributed by atoms with Crippen molar-refractivity contribution in [2.24, 2.45) is 0 Å². The molecule has 4 aromatic rings. The average molecular weight is 526 g/mol. The van der Waals surface area contributed by atoms with E-state index in [0.717, 1.165) is 27.8 Å². The van der Waals surface area contributed by atoms with Gasteiger partial charge >= 0.3 is 6.09 Å². The summed E-state index contributed by atoms with van der Waals surface area (Å²) >= 11 is 12.5. The average Bonchev–Trinajstić information content (AvgIpc) is 3.32. The van der Waals surface area contributed by atoms with Gasteiger partial charge < -0.3 is 4.74 Å². The number of halogens is 2. The van der Waals surface area contributed by atoms with Crippen molar-refractivity contribution in [2.75, 3.05) is 5.32 Å². The van der Waals surface area contributed by atoms with Crippen LogP contribution in [0.3, 0.4) is 0 Å². The fourth-order valence-electron chi connectivity index (χ4n) is 5.48. The molecule has 182 valence electrons. The number of pyridine rings is 1. The molecule has 3 aromatic carbocycles. The number of nitrogens with one attached hydrogen (secondary N) is 1. The van der Waals surface area contributed by atoms with Crippen molar-refractivity contribution >= 4 is 35.1 Å². The summed E-state index contributed by atoms with van der Waals surface area (Å²) in [7, 11) is 0. The number of rotatable bonds is 3. The number of fused-ring (bicyclic) bond motifs is 4. The van der Waals surface area contributed by atoms with Gasteiger partial charge in [-0.2, -0.15) is 5.26 Å². The number of benzene rings is 3. The Labute approximate surface area is 224 Å². The second kappa shape index (κ2) is 9.55. The van der Waals surface area contributed by atoms with Gasteiger partial charge in [-0.1, -0.05) is 77.8 Å². The lowest BCUT2D eigenvalue weighted by Gasteiger charge is -2.29. The van der Waals surface area contributed by atoms with Crippen LogP contribution in [-0.2, 0) is 24.0 Å². The highest BCUT2D eigenvalue weighted by Gasteiger charge is 2.31. The Hall–Kier alpha value is -3.85. The van der Waals surface area contributed by atoms with E-state index < -0.39 is 6.09 Å². The first-order chi connectivity index (χ1) is 18.0. The van der Waals surface area contributed by atoms with Crippen LogP contribution < -0.4 is 5.32 Å². The molecular weight excluding hydrogens is 505 g/mol. The summed E-state index contributed by atoms with van der Waals surface area (Å²) in [5.41, 5.74) is 7.47. The number of hydrogen-bond donors (Lipinski definition) is 1. The quantitative estimate of drug-likeness (QED) is 0.303. The van der Waals surface area contributed by atoms with Crippen molar-refractivity contribution in [3.63, 3.8) is 0 Å². The van der Waals surface area contributed by atoms with Crippen molar-refractivity contribution in [3.8, 4) is 17.2 Å². The zero-order valence-corrected chi connectivity index (χ0v) is 21.2. The van der Waals surface area contributed by atoms with Gasteiger partial charge in [-0.25, -0.2) is 9.78 Å². The normalized spacial score (nSPS) is 15.8. The van der Waals surface area contributed by atoms with E-state index in [1.54, 1.807) is 12.3 Å². The number of anilines is 1. The van der Waals surface area contributed by atoms with Crippen LogP contribution in [0.1, 0.15) is 39.3 Å². The molecule has 2 aliphatic carbocycles. The maximum atomic E-state index is 12.8. The molecular formula is C30H21Cl2N3O2. The number of amides is 1. The molecule has 5 nitrogen and oxygen atoms in total. The number of carbonyl (C=O) groups excluding carboxylic acids is 1. The smallest absolute Gasteiger partial charge is 0.413 e. The van der Waals surface area contributed by atoms with Gasteiger partial charge in [0.2, 0.25) is 0 Å². The fourth-order valence-corrected chi connectivity index (χ4v) is 5.79. The number of nitrogens with zero attached hydrogens (tertiary/aromatic N) is 2. The summed E-state index contributed by atoms with van der Waals surface area (Å²) in [5, 5.41) is 13.9. The van der Waals surface area contributed by atoms with Crippen LogP contribution in [0.15, 0.2) is 72.9 Å². The van der Waals surface area contributed by atoms with Crippen LogP contribution in [0.2, 0.25) is 10.0 Å². The number of aromatic nitrogens is 1. The molecule has 0 radical (unpaired) electrons. The van der Waals surface area contributed by atoms with Crippen molar-refractivity contribution in [1.82, 2.24) is 4.98 Å². The minimum absolute atomic E-state index is 0.0274. The summed E-state index contributed by atoms with van der Waals surface area (Å²) in [4.78, 5) is 17.3. The molecule has 0 saturated heterocycles. The SMILES string of the molecule is N#Cc1c(NC(=O)OC2Cc3ccccc3C2)ncc2c1-c1ccccc1C(c1ccc(Cl)c(Cl)c1)C2. The van der Waals surface area contributed by atoms with E-state index in [-0.39, 0.29) is 17.8 Å². The molecule has 1 aromatic heterocycles. The predicted octanol–water partition coefficient (Wildman–Crippen LogP) is 7.33. The van der Waals surface area contributed by atoms with Crippen LogP contribution in [0.4, 0.5) is 10.6 Å². The highest BCUT2D eigenvalue weighted by atomic mass is 35.5. The fraction of sp³-hybridized carbons (Fsp3) is 0.167. The Morgan fingerprint density at radius 2 is 1.68 bits per heavy atom. The molecule has 6 rings (SSSR count). The highest BCUT2D eigenvalue weighted by Crippen LogP contribution is 2.45. The molecule has 1 N–H and O–H groups in total. The lowest BCUT2D eigenvalue weighted by Crippen LogP contribution is -2.24. The second-order valence-corrected chi connectivity index (χ2v) is 10.2. The molecule has 1 amide bonds. The Morgan fingerprint density at radius 1 is 0.946 bits per heavy atom. The van der Waals surface area contributed by atoms with Gasteiger partial charge in [0.05, 0.1) is 10.0 Å². The van der Waals surface area contributed by atoms with E-state index >= 15 is 0 Å². The second-order valence-electron chi connectivity index (χ2n) is 9.34. The Morgan fingerprint density at radius 3 is 2.41 bits per heavy atom. The highest BCUT2D eigenvalue weighted by molar-refractivity contribution is 6.42. The minimum Gasteiger partial charge on any atom is -0.445 e. The van der Waals surface area contributed by atoms with Gasteiger partial charge in [-0.3, -0.25) is 5.32 Å². The van der Waals surface area contributed by atoms with Gasteiger partial charge in [0.1, 0.15) is 17.7 Å². The van der Waals surface area contributed by atoms with Crippen LogP contribution >= 0.6 is 23.2 Å². The van der Waals surface area contributed by atoms with Crippen molar-refractivity contribution in [1.29, 1.82) is 5.26 Å². The van der Waals surface area contributed by atoms with Crippen LogP contribution in [0.5, 0.6) is 0 Å². The first-order valence-corrected chi connectivity index (χ1v) is 12.8. The summed E-state index contributed by atoms with van der Waals surface area (Å²) in [6.45, 7) is 0. The van der Waals surface area contributed by atoms with E-state index in [1.807, 2.05) is 42.5 Å².